The Morgan fingerprint density at radius 1 is 1.54 bits per heavy atom. The van der Waals surface area contributed by atoms with Crippen LogP contribution >= 0.6 is 0 Å². The van der Waals surface area contributed by atoms with Gasteiger partial charge in [-0.25, -0.2) is 0 Å². The number of nitrogens with one attached hydrogen (secondary N) is 1. The molecule has 13 heavy (non-hydrogen) atoms. The van der Waals surface area contributed by atoms with Crippen molar-refractivity contribution in [2.24, 2.45) is 7.05 Å². The molecule has 1 aliphatic rings. The van der Waals surface area contributed by atoms with E-state index < -0.39 is 0 Å². The Hall–Kier alpha value is -1.10. The second-order valence-corrected chi connectivity index (χ2v) is 3.30. The van der Waals surface area contributed by atoms with Crippen molar-refractivity contribution in [2.45, 2.75) is 18.9 Å². The van der Waals surface area contributed by atoms with Gasteiger partial charge in [-0.2, -0.15) is 0 Å². The minimum absolute atomic E-state index is 0.304. The number of rotatable bonds is 2. The maximum absolute atomic E-state index is 5.64. The molecule has 1 fully saturated rings. The van der Waals surface area contributed by atoms with Crippen molar-refractivity contribution in [3.63, 3.8) is 0 Å². The molecule has 0 spiro atoms. The first-order valence-corrected chi connectivity index (χ1v) is 4.58. The van der Waals surface area contributed by atoms with Crippen LogP contribution in [0.15, 0.2) is 6.20 Å². The largest absolute Gasteiger partial charge is 0.472 e. The van der Waals surface area contributed by atoms with Gasteiger partial charge in [0.1, 0.15) is 6.10 Å². The number of hydrogen-bond donors (Lipinski definition) is 1. The molecule has 1 aromatic heterocycles. The Balaban J connectivity index is 1.89. The van der Waals surface area contributed by atoms with Gasteiger partial charge in [0, 0.05) is 7.05 Å². The van der Waals surface area contributed by atoms with Gasteiger partial charge in [0.05, 0.1) is 6.20 Å². The molecular formula is C8H14N4O. The summed E-state index contributed by atoms with van der Waals surface area (Å²) in [6.07, 6.45) is 4.20. The van der Waals surface area contributed by atoms with Crippen LogP contribution < -0.4 is 10.1 Å². The van der Waals surface area contributed by atoms with E-state index >= 15 is 0 Å². The first kappa shape index (κ1) is 8.50. The van der Waals surface area contributed by atoms with E-state index in [0.29, 0.717) is 12.0 Å². The molecule has 0 radical (unpaired) electrons. The van der Waals surface area contributed by atoms with E-state index in [-0.39, 0.29) is 0 Å². The molecule has 1 aromatic rings. The van der Waals surface area contributed by atoms with Crippen molar-refractivity contribution in [1.29, 1.82) is 0 Å². The molecule has 5 heteroatoms. The van der Waals surface area contributed by atoms with Gasteiger partial charge in [-0.3, -0.25) is 4.68 Å². The van der Waals surface area contributed by atoms with E-state index in [1.807, 2.05) is 7.05 Å². The monoisotopic (exact) mass is 182 g/mol. The fraction of sp³-hybridized carbons (Fsp3) is 0.750. The molecule has 1 saturated heterocycles. The third-order valence-electron chi connectivity index (χ3n) is 2.16. The number of ether oxygens (including phenoxy) is 1. The van der Waals surface area contributed by atoms with Crippen LogP contribution in [-0.4, -0.2) is 34.2 Å². The molecule has 72 valence electrons. The van der Waals surface area contributed by atoms with E-state index in [4.69, 9.17) is 4.74 Å². The summed E-state index contributed by atoms with van der Waals surface area (Å²) in [5, 5.41) is 11.0. The maximum Gasteiger partial charge on any atom is 0.253 e. The number of piperidine rings is 1. The first-order valence-electron chi connectivity index (χ1n) is 4.58. The summed E-state index contributed by atoms with van der Waals surface area (Å²) >= 11 is 0. The van der Waals surface area contributed by atoms with Crippen molar-refractivity contribution in [3.05, 3.63) is 6.20 Å². The average Bonchev–Trinajstić information content (AvgIpc) is 2.53. The summed E-state index contributed by atoms with van der Waals surface area (Å²) in [6.45, 7) is 2.07. The molecule has 0 aliphatic carbocycles. The summed E-state index contributed by atoms with van der Waals surface area (Å²) in [7, 11) is 1.84. The summed E-state index contributed by atoms with van der Waals surface area (Å²) in [6, 6.07) is 0. The minimum Gasteiger partial charge on any atom is -0.472 e. The van der Waals surface area contributed by atoms with Crippen LogP contribution in [0, 0.1) is 0 Å². The lowest BCUT2D eigenvalue weighted by Gasteiger charge is -2.22. The highest BCUT2D eigenvalue weighted by Gasteiger charge is 2.15. The van der Waals surface area contributed by atoms with Gasteiger partial charge < -0.3 is 10.1 Å². The van der Waals surface area contributed by atoms with Gasteiger partial charge in [0.25, 0.3) is 5.88 Å². The molecule has 5 nitrogen and oxygen atoms in total. The van der Waals surface area contributed by atoms with Crippen LogP contribution in [0.4, 0.5) is 0 Å². The average molecular weight is 182 g/mol. The van der Waals surface area contributed by atoms with Gasteiger partial charge in [0.2, 0.25) is 0 Å². The highest BCUT2D eigenvalue weighted by atomic mass is 16.5. The zero-order chi connectivity index (χ0) is 9.10. The predicted molar refractivity (Wildman–Crippen MR) is 47.5 cm³/mol. The van der Waals surface area contributed by atoms with Crippen LogP contribution in [-0.2, 0) is 7.05 Å². The van der Waals surface area contributed by atoms with Gasteiger partial charge in [0.15, 0.2) is 0 Å². The van der Waals surface area contributed by atoms with Gasteiger partial charge in [-0.15, -0.1) is 0 Å². The van der Waals surface area contributed by atoms with E-state index in [9.17, 15) is 0 Å². The van der Waals surface area contributed by atoms with Crippen molar-refractivity contribution in [2.75, 3.05) is 13.1 Å². The zero-order valence-corrected chi connectivity index (χ0v) is 7.73. The number of hydrogen-bond acceptors (Lipinski definition) is 4. The standard InChI is InChI=1S/C8H14N4O/c1-12-6-8(10-11-12)13-7-2-4-9-5-3-7/h6-7,9H,2-5H2,1H3. The van der Waals surface area contributed by atoms with Crippen LogP contribution in [0.3, 0.4) is 0 Å². The van der Waals surface area contributed by atoms with Gasteiger partial charge in [-0.05, 0) is 25.9 Å². The molecule has 2 heterocycles. The quantitative estimate of drug-likeness (QED) is 0.696. The second kappa shape index (κ2) is 3.74. The summed E-state index contributed by atoms with van der Waals surface area (Å²) in [5.74, 6) is 0.634. The fourth-order valence-electron chi connectivity index (χ4n) is 1.46. The van der Waals surface area contributed by atoms with E-state index in [1.54, 1.807) is 10.9 Å². The molecule has 0 aromatic carbocycles. The molecule has 0 amide bonds. The second-order valence-electron chi connectivity index (χ2n) is 3.30. The highest BCUT2D eigenvalue weighted by molar-refractivity contribution is 5.00. The SMILES string of the molecule is Cn1cc(OC2CCNCC2)nn1. The van der Waals surface area contributed by atoms with Crippen molar-refractivity contribution < 1.29 is 4.74 Å². The number of nitrogens with zero attached hydrogens (tertiary/aromatic N) is 3. The molecule has 0 saturated carbocycles. The van der Waals surface area contributed by atoms with Gasteiger partial charge >= 0.3 is 0 Å². The molecule has 1 aliphatic heterocycles. The lowest BCUT2D eigenvalue weighted by molar-refractivity contribution is 0.155. The molecule has 0 bridgehead atoms. The Bertz CT molecular complexity index is 267. The number of aromatic nitrogens is 3. The Labute approximate surface area is 77.1 Å². The van der Waals surface area contributed by atoms with Crippen LogP contribution in [0.1, 0.15) is 12.8 Å². The molecule has 0 unspecified atom stereocenters. The topological polar surface area (TPSA) is 52.0 Å². The Morgan fingerprint density at radius 3 is 2.92 bits per heavy atom. The molecule has 0 atom stereocenters. The predicted octanol–water partition coefficient (Wildman–Crippen LogP) is -0.0541. The van der Waals surface area contributed by atoms with E-state index in [0.717, 1.165) is 25.9 Å². The molecule has 2 rings (SSSR count). The van der Waals surface area contributed by atoms with Crippen molar-refractivity contribution in [1.82, 2.24) is 20.3 Å². The van der Waals surface area contributed by atoms with Crippen LogP contribution in [0.25, 0.3) is 0 Å². The third-order valence-corrected chi connectivity index (χ3v) is 2.16. The lowest BCUT2D eigenvalue weighted by atomic mass is 10.1. The van der Waals surface area contributed by atoms with Crippen molar-refractivity contribution in [3.8, 4) is 5.88 Å². The lowest BCUT2D eigenvalue weighted by Crippen LogP contribution is -2.34. The van der Waals surface area contributed by atoms with Crippen LogP contribution in [0.5, 0.6) is 5.88 Å². The Morgan fingerprint density at radius 2 is 2.31 bits per heavy atom. The zero-order valence-electron chi connectivity index (χ0n) is 7.73. The summed E-state index contributed by atoms with van der Waals surface area (Å²) in [4.78, 5) is 0. The normalized spacial score (nSPS) is 18.8. The summed E-state index contributed by atoms with van der Waals surface area (Å²) in [5.41, 5.74) is 0. The van der Waals surface area contributed by atoms with Crippen molar-refractivity contribution >= 4 is 0 Å². The fourth-order valence-corrected chi connectivity index (χ4v) is 1.46. The highest BCUT2D eigenvalue weighted by Crippen LogP contribution is 2.12. The molecule has 1 N–H and O–H groups in total. The summed E-state index contributed by atoms with van der Waals surface area (Å²) < 4.78 is 7.29. The maximum atomic E-state index is 5.64. The van der Waals surface area contributed by atoms with Gasteiger partial charge in [-0.1, -0.05) is 10.3 Å². The number of aryl methyl sites for hydroxylation is 1. The third kappa shape index (κ3) is 2.18. The smallest absolute Gasteiger partial charge is 0.253 e. The van der Waals surface area contributed by atoms with E-state index in [2.05, 4.69) is 15.6 Å². The minimum atomic E-state index is 0.304. The first-order chi connectivity index (χ1) is 6.34. The Kier molecular flexibility index (Phi) is 2.44. The molecular weight excluding hydrogens is 168 g/mol. The van der Waals surface area contributed by atoms with Crippen LogP contribution in [0.2, 0.25) is 0 Å². The van der Waals surface area contributed by atoms with E-state index in [1.165, 1.54) is 0 Å².